The van der Waals surface area contributed by atoms with E-state index in [1.54, 1.807) is 6.20 Å². The lowest BCUT2D eigenvalue weighted by molar-refractivity contribution is -0.118. The second kappa shape index (κ2) is 7.02. The molecule has 0 atom stereocenters. The van der Waals surface area contributed by atoms with Crippen LogP contribution >= 0.6 is 0 Å². The minimum absolute atomic E-state index is 0.0384. The molecule has 5 nitrogen and oxygen atoms in total. The van der Waals surface area contributed by atoms with Gasteiger partial charge in [0.1, 0.15) is 5.75 Å². The maximum atomic E-state index is 12.9. The first kappa shape index (κ1) is 18.8. The van der Waals surface area contributed by atoms with Gasteiger partial charge in [0.2, 0.25) is 0 Å². The molecule has 3 aliphatic rings. The lowest BCUT2D eigenvalue weighted by Gasteiger charge is -2.21. The van der Waals surface area contributed by atoms with Crippen LogP contribution in [0, 0.1) is 6.92 Å². The molecular formula is C27H20N2O3. The predicted octanol–water partition coefficient (Wildman–Crippen LogP) is 4.54. The molecule has 1 aliphatic heterocycles. The Morgan fingerprint density at radius 2 is 1.94 bits per heavy atom. The van der Waals surface area contributed by atoms with Crippen LogP contribution in [0.2, 0.25) is 0 Å². The molecule has 0 radical (unpaired) electrons. The summed E-state index contributed by atoms with van der Waals surface area (Å²) in [7, 11) is 0. The van der Waals surface area contributed by atoms with E-state index in [1.807, 2.05) is 49.5 Å². The number of carbonyl (C=O) groups is 2. The number of rotatable bonds is 2. The third kappa shape index (κ3) is 2.97. The number of allylic oxidation sites excluding steroid dienone is 3. The van der Waals surface area contributed by atoms with Crippen LogP contribution in [-0.2, 0) is 22.4 Å². The zero-order valence-corrected chi connectivity index (χ0v) is 17.6. The quantitative estimate of drug-likeness (QED) is 0.618. The highest BCUT2D eigenvalue weighted by molar-refractivity contribution is 6.26. The van der Waals surface area contributed by atoms with Gasteiger partial charge in [-0.15, -0.1) is 0 Å². The number of pyridine rings is 1. The normalized spacial score (nSPS) is 17.4. The van der Waals surface area contributed by atoms with Crippen molar-refractivity contribution in [3.05, 3.63) is 88.3 Å². The number of nitrogens with zero attached hydrogens (tertiary/aromatic N) is 1. The maximum Gasteiger partial charge on any atom is 0.262 e. The first-order valence-electron chi connectivity index (χ1n) is 10.6. The van der Waals surface area contributed by atoms with Crippen molar-refractivity contribution in [2.75, 3.05) is 11.9 Å². The number of carbonyl (C=O) groups excluding carboxylic acids is 2. The monoisotopic (exact) mass is 420 g/mol. The van der Waals surface area contributed by atoms with Crippen molar-refractivity contribution >= 4 is 29.0 Å². The average molecular weight is 420 g/mol. The minimum atomic E-state index is -0.149. The zero-order chi connectivity index (χ0) is 21.8. The molecule has 32 heavy (non-hydrogen) atoms. The number of Topliss-reactive ketones (excluding diaryl/α,β-unsaturated/α-hetero) is 1. The lowest BCUT2D eigenvalue weighted by Crippen LogP contribution is -2.26. The maximum absolute atomic E-state index is 12.9. The smallest absolute Gasteiger partial charge is 0.262 e. The third-order valence-corrected chi connectivity index (χ3v) is 6.42. The van der Waals surface area contributed by atoms with Gasteiger partial charge in [0.15, 0.2) is 12.4 Å². The fourth-order valence-corrected chi connectivity index (χ4v) is 4.79. The third-order valence-electron chi connectivity index (χ3n) is 6.42. The molecule has 3 aromatic rings. The van der Waals surface area contributed by atoms with Crippen LogP contribution in [0.3, 0.4) is 0 Å². The summed E-state index contributed by atoms with van der Waals surface area (Å²) in [5.41, 5.74) is 9.97. The minimum Gasteiger partial charge on any atom is -0.482 e. The Bertz CT molecular complexity index is 1400. The molecule has 2 aliphatic carbocycles. The van der Waals surface area contributed by atoms with Crippen LogP contribution in [-0.4, -0.2) is 23.3 Å². The van der Waals surface area contributed by atoms with Crippen molar-refractivity contribution in [2.45, 2.75) is 19.8 Å². The molecule has 2 aromatic carbocycles. The molecule has 6 rings (SSSR count). The van der Waals surface area contributed by atoms with Crippen molar-refractivity contribution in [3.8, 4) is 16.9 Å². The summed E-state index contributed by atoms with van der Waals surface area (Å²) < 4.78 is 5.54. The molecular weight excluding hydrogens is 400 g/mol. The first-order chi connectivity index (χ1) is 15.6. The van der Waals surface area contributed by atoms with E-state index in [0.29, 0.717) is 17.9 Å². The summed E-state index contributed by atoms with van der Waals surface area (Å²) in [6.07, 6.45) is 9.06. The highest BCUT2D eigenvalue weighted by Crippen LogP contribution is 2.40. The fraction of sp³-hybridized carbons (Fsp3) is 0.148. The van der Waals surface area contributed by atoms with Gasteiger partial charge in [0, 0.05) is 24.4 Å². The largest absolute Gasteiger partial charge is 0.482 e. The number of ether oxygens (including phenoxy) is 1. The number of benzene rings is 2. The number of anilines is 1. The molecule has 5 heteroatoms. The van der Waals surface area contributed by atoms with Gasteiger partial charge < -0.3 is 10.1 Å². The van der Waals surface area contributed by atoms with Crippen LogP contribution in [0.25, 0.3) is 22.8 Å². The van der Waals surface area contributed by atoms with E-state index < -0.39 is 0 Å². The topological polar surface area (TPSA) is 68.3 Å². The van der Waals surface area contributed by atoms with Crippen LogP contribution in [0.4, 0.5) is 5.69 Å². The van der Waals surface area contributed by atoms with E-state index in [1.165, 1.54) is 5.56 Å². The molecule has 0 unspecified atom stereocenters. The Labute approximate surface area is 185 Å². The molecule has 1 N–H and O–H groups in total. The van der Waals surface area contributed by atoms with E-state index in [4.69, 9.17) is 4.74 Å². The number of hydrogen-bond donors (Lipinski definition) is 1. The van der Waals surface area contributed by atoms with E-state index in [-0.39, 0.29) is 18.3 Å². The van der Waals surface area contributed by atoms with Gasteiger partial charge in [0.05, 0.1) is 5.69 Å². The Balaban J connectivity index is 1.40. The number of hydrogen-bond acceptors (Lipinski definition) is 4. The van der Waals surface area contributed by atoms with Crippen molar-refractivity contribution in [2.24, 2.45) is 0 Å². The second-order valence-corrected chi connectivity index (χ2v) is 8.45. The van der Waals surface area contributed by atoms with Gasteiger partial charge in [-0.1, -0.05) is 18.2 Å². The molecule has 1 amide bonds. The van der Waals surface area contributed by atoms with Crippen molar-refractivity contribution < 1.29 is 14.3 Å². The van der Waals surface area contributed by atoms with Gasteiger partial charge >= 0.3 is 0 Å². The van der Waals surface area contributed by atoms with E-state index in [2.05, 4.69) is 22.4 Å². The zero-order valence-electron chi connectivity index (χ0n) is 17.6. The van der Waals surface area contributed by atoms with Crippen LogP contribution in [0.5, 0.6) is 5.75 Å². The van der Waals surface area contributed by atoms with E-state index in [9.17, 15) is 9.59 Å². The number of amides is 1. The highest BCUT2D eigenvalue weighted by Gasteiger charge is 2.27. The Morgan fingerprint density at radius 3 is 2.81 bits per heavy atom. The van der Waals surface area contributed by atoms with Gasteiger partial charge in [-0.25, -0.2) is 0 Å². The number of ketones is 1. The van der Waals surface area contributed by atoms with E-state index >= 15 is 0 Å². The summed E-state index contributed by atoms with van der Waals surface area (Å²) in [6, 6.07) is 12.1. The van der Waals surface area contributed by atoms with Crippen molar-refractivity contribution in [3.63, 3.8) is 0 Å². The average Bonchev–Trinajstić information content (AvgIpc) is 3.34. The van der Waals surface area contributed by atoms with Gasteiger partial charge in [-0.2, -0.15) is 0 Å². The van der Waals surface area contributed by atoms with E-state index in [0.717, 1.165) is 50.9 Å². The van der Waals surface area contributed by atoms with Gasteiger partial charge in [0.25, 0.3) is 5.91 Å². The molecule has 0 bridgehead atoms. The molecule has 2 heterocycles. The summed E-state index contributed by atoms with van der Waals surface area (Å²) in [4.78, 5) is 28.9. The summed E-state index contributed by atoms with van der Waals surface area (Å²) in [5, 5.41) is 2.92. The number of fused-ring (bicyclic) bond motifs is 3. The van der Waals surface area contributed by atoms with Crippen molar-refractivity contribution in [1.82, 2.24) is 4.98 Å². The predicted molar refractivity (Wildman–Crippen MR) is 123 cm³/mol. The Kier molecular flexibility index (Phi) is 4.12. The van der Waals surface area contributed by atoms with Crippen molar-refractivity contribution in [1.29, 1.82) is 0 Å². The molecule has 0 fully saturated rings. The second-order valence-electron chi connectivity index (χ2n) is 8.45. The fourth-order valence-electron chi connectivity index (χ4n) is 4.79. The van der Waals surface area contributed by atoms with Crippen LogP contribution < -0.4 is 10.1 Å². The first-order valence-corrected chi connectivity index (χ1v) is 10.6. The van der Waals surface area contributed by atoms with Crippen LogP contribution in [0.15, 0.2) is 60.4 Å². The molecule has 1 aromatic heterocycles. The summed E-state index contributed by atoms with van der Waals surface area (Å²) in [5.74, 6) is 0.684. The number of nitrogens with one attached hydrogen (secondary N) is 1. The Morgan fingerprint density at radius 1 is 1.03 bits per heavy atom. The highest BCUT2D eigenvalue weighted by atomic mass is 16.5. The molecule has 0 saturated carbocycles. The molecule has 156 valence electrons. The summed E-state index contributed by atoms with van der Waals surface area (Å²) >= 11 is 0. The standard InChI is InChI=1S/C27H20N2O3/c1-15-21(4-5-25-27(15)29-26(31)14-32-25)18-2-3-19-12-24(30)23(22(19)11-18)10-16-8-17-6-7-28-13-20(17)9-16/h2-7,9-11,13H,8,12,14H2,1H3,(H,29,31)/b23-10-. The molecule has 0 saturated heterocycles. The van der Waals surface area contributed by atoms with Gasteiger partial charge in [-0.05, 0) is 88.2 Å². The van der Waals surface area contributed by atoms with Crippen LogP contribution in [0.1, 0.15) is 27.8 Å². The van der Waals surface area contributed by atoms with Gasteiger partial charge in [-0.3, -0.25) is 14.6 Å². The lowest BCUT2D eigenvalue weighted by atomic mass is 9.94. The summed E-state index contributed by atoms with van der Waals surface area (Å²) in [6.45, 7) is 2.02. The SMILES string of the molecule is Cc1c(-c2ccc3c(c2)/C(=C/C2=Cc4cnccc4C2)C(=O)C3)ccc2c1NC(=O)CO2. The Hall–Kier alpha value is -3.99. The number of aromatic nitrogens is 1. The molecule has 0 spiro atoms.